The van der Waals surface area contributed by atoms with Gasteiger partial charge in [0, 0.05) is 38.1 Å². The number of nitrogens with one attached hydrogen (secondary N) is 1. The van der Waals surface area contributed by atoms with Gasteiger partial charge in [0.25, 0.3) is 0 Å². The van der Waals surface area contributed by atoms with E-state index in [1.165, 1.54) is 6.07 Å². The average molecular weight is 282 g/mol. The molecule has 0 fully saturated rings. The Morgan fingerprint density at radius 3 is 2.70 bits per heavy atom. The maximum absolute atomic E-state index is 11.1. The summed E-state index contributed by atoms with van der Waals surface area (Å²) in [5, 5.41) is 22.2. The van der Waals surface area contributed by atoms with E-state index in [0.717, 1.165) is 0 Å². The summed E-state index contributed by atoms with van der Waals surface area (Å²) in [6.07, 6.45) is 0.482. The molecule has 0 aliphatic rings. The number of benzene rings is 1. The summed E-state index contributed by atoms with van der Waals surface area (Å²) in [5.74, 6) is -1.07. The molecule has 1 rings (SSSR count). The normalized spacial score (nSPS) is 13.8. The highest BCUT2D eigenvalue weighted by atomic mass is 16.5. The molecule has 0 aromatic heterocycles. The molecule has 6 nitrogen and oxygen atoms in total. The Kier molecular flexibility index (Phi) is 5.35. The second-order valence-corrected chi connectivity index (χ2v) is 5.15. The molecule has 0 spiro atoms. The van der Waals surface area contributed by atoms with E-state index in [1.807, 2.05) is 0 Å². The molecule has 1 aromatic rings. The van der Waals surface area contributed by atoms with Crippen molar-refractivity contribution in [3.05, 3.63) is 23.3 Å². The van der Waals surface area contributed by atoms with Gasteiger partial charge in [-0.05, 0) is 31.5 Å². The summed E-state index contributed by atoms with van der Waals surface area (Å²) in [4.78, 5) is 11.1. The van der Waals surface area contributed by atoms with Crippen molar-refractivity contribution in [2.24, 2.45) is 0 Å². The van der Waals surface area contributed by atoms with Crippen LogP contribution in [0, 0.1) is 6.92 Å². The minimum Gasteiger partial charge on any atom is -0.478 e. The molecule has 20 heavy (non-hydrogen) atoms. The molecule has 5 N–H and O–H groups in total. The summed E-state index contributed by atoms with van der Waals surface area (Å²) in [5.41, 5.74) is 6.41. The third kappa shape index (κ3) is 4.40. The first-order chi connectivity index (χ1) is 9.26. The van der Waals surface area contributed by atoms with Gasteiger partial charge in [0.1, 0.15) is 0 Å². The molecule has 1 unspecified atom stereocenters. The van der Waals surface area contributed by atoms with Crippen LogP contribution in [0.4, 0.5) is 11.4 Å². The molecular formula is C14H22N2O4. The highest BCUT2D eigenvalue weighted by Gasteiger charge is 2.20. The highest BCUT2D eigenvalue weighted by molar-refractivity contribution is 5.95. The lowest BCUT2D eigenvalue weighted by Gasteiger charge is -2.24. The average Bonchev–Trinajstić information content (AvgIpc) is 2.37. The molecule has 0 heterocycles. The van der Waals surface area contributed by atoms with Crippen molar-refractivity contribution in [1.82, 2.24) is 0 Å². The highest BCUT2D eigenvalue weighted by Crippen LogP contribution is 2.23. The van der Waals surface area contributed by atoms with Crippen molar-refractivity contribution in [1.29, 1.82) is 0 Å². The van der Waals surface area contributed by atoms with Crippen LogP contribution in [0.15, 0.2) is 12.1 Å². The zero-order valence-corrected chi connectivity index (χ0v) is 12.1. The largest absolute Gasteiger partial charge is 0.478 e. The minimum absolute atomic E-state index is 0.0593. The smallest absolute Gasteiger partial charge is 0.337 e. The second kappa shape index (κ2) is 6.58. The van der Waals surface area contributed by atoms with Crippen LogP contribution in [0.1, 0.15) is 29.3 Å². The Balaban J connectivity index is 2.81. The third-order valence-corrected chi connectivity index (χ3v) is 3.14. The molecule has 0 amide bonds. The molecule has 0 saturated carbocycles. The zero-order chi connectivity index (χ0) is 15.3. The van der Waals surface area contributed by atoms with E-state index < -0.39 is 11.6 Å². The predicted molar refractivity (Wildman–Crippen MR) is 78.2 cm³/mol. The SMILES string of the molecule is COCCC(C)(O)CNc1cc(C)c(N)c(C(=O)O)c1. The van der Waals surface area contributed by atoms with Crippen molar-refractivity contribution >= 4 is 17.3 Å². The maximum atomic E-state index is 11.1. The Morgan fingerprint density at radius 1 is 1.50 bits per heavy atom. The number of ether oxygens (including phenoxy) is 1. The van der Waals surface area contributed by atoms with Gasteiger partial charge in [-0.3, -0.25) is 0 Å². The van der Waals surface area contributed by atoms with Crippen LogP contribution in [0.3, 0.4) is 0 Å². The Hall–Kier alpha value is -1.79. The number of carboxylic acids is 1. The predicted octanol–water partition coefficient (Wildman–Crippen LogP) is 1.47. The number of nitrogens with two attached hydrogens (primary N) is 1. The van der Waals surface area contributed by atoms with E-state index in [0.29, 0.717) is 30.8 Å². The maximum Gasteiger partial charge on any atom is 0.337 e. The van der Waals surface area contributed by atoms with Crippen LogP contribution >= 0.6 is 0 Å². The fraction of sp³-hybridized carbons (Fsp3) is 0.500. The Labute approximate surface area is 118 Å². The number of hydrogen-bond donors (Lipinski definition) is 4. The van der Waals surface area contributed by atoms with Gasteiger partial charge < -0.3 is 26.0 Å². The van der Waals surface area contributed by atoms with Gasteiger partial charge in [-0.2, -0.15) is 0 Å². The number of hydrogen-bond acceptors (Lipinski definition) is 5. The third-order valence-electron chi connectivity index (χ3n) is 3.14. The fourth-order valence-corrected chi connectivity index (χ4v) is 1.78. The van der Waals surface area contributed by atoms with Crippen molar-refractivity contribution in [3.63, 3.8) is 0 Å². The summed E-state index contributed by atoms with van der Waals surface area (Å²) < 4.78 is 4.93. The Morgan fingerprint density at radius 2 is 2.15 bits per heavy atom. The molecule has 0 saturated heterocycles. The first-order valence-electron chi connectivity index (χ1n) is 6.35. The van der Waals surface area contributed by atoms with E-state index in [-0.39, 0.29) is 11.3 Å². The van der Waals surface area contributed by atoms with Gasteiger partial charge >= 0.3 is 5.97 Å². The lowest BCUT2D eigenvalue weighted by atomic mass is 10.0. The van der Waals surface area contributed by atoms with Crippen LogP contribution in [0.25, 0.3) is 0 Å². The van der Waals surface area contributed by atoms with Gasteiger partial charge in [0.15, 0.2) is 0 Å². The van der Waals surface area contributed by atoms with Crippen LogP contribution < -0.4 is 11.1 Å². The van der Waals surface area contributed by atoms with Gasteiger partial charge in [-0.1, -0.05) is 0 Å². The van der Waals surface area contributed by atoms with Crippen molar-refractivity contribution in [3.8, 4) is 0 Å². The summed E-state index contributed by atoms with van der Waals surface area (Å²) >= 11 is 0. The standard InChI is InChI=1S/C14H22N2O4/c1-9-6-10(7-11(12(9)15)13(17)18)16-8-14(2,19)4-5-20-3/h6-7,16,19H,4-5,8,15H2,1-3H3,(H,17,18). The molecule has 6 heteroatoms. The van der Waals surface area contributed by atoms with E-state index in [1.54, 1.807) is 27.0 Å². The minimum atomic E-state index is -1.07. The van der Waals surface area contributed by atoms with E-state index in [4.69, 9.17) is 15.6 Å². The van der Waals surface area contributed by atoms with Crippen molar-refractivity contribution in [2.45, 2.75) is 25.9 Å². The molecule has 1 atom stereocenters. The summed E-state index contributed by atoms with van der Waals surface area (Å²) in [6.45, 7) is 4.19. The number of carboxylic acid groups (broad SMARTS) is 1. The van der Waals surface area contributed by atoms with Gasteiger partial charge in [-0.25, -0.2) is 4.79 Å². The van der Waals surface area contributed by atoms with E-state index >= 15 is 0 Å². The van der Waals surface area contributed by atoms with Crippen LogP contribution in [-0.2, 0) is 4.74 Å². The van der Waals surface area contributed by atoms with Crippen molar-refractivity contribution < 1.29 is 19.7 Å². The first-order valence-corrected chi connectivity index (χ1v) is 6.35. The number of anilines is 2. The molecule has 0 aliphatic heterocycles. The zero-order valence-electron chi connectivity index (χ0n) is 12.1. The van der Waals surface area contributed by atoms with Crippen molar-refractivity contribution in [2.75, 3.05) is 31.3 Å². The number of carbonyl (C=O) groups is 1. The second-order valence-electron chi connectivity index (χ2n) is 5.15. The lowest BCUT2D eigenvalue weighted by molar-refractivity contribution is 0.0357. The molecular weight excluding hydrogens is 260 g/mol. The number of aliphatic hydroxyl groups is 1. The monoisotopic (exact) mass is 282 g/mol. The van der Waals surface area contributed by atoms with E-state index in [9.17, 15) is 9.90 Å². The molecule has 1 aromatic carbocycles. The Bertz CT molecular complexity index is 486. The summed E-state index contributed by atoms with van der Waals surface area (Å²) in [6, 6.07) is 3.23. The number of methoxy groups -OCH3 is 1. The van der Waals surface area contributed by atoms with Gasteiger partial charge in [0.2, 0.25) is 0 Å². The van der Waals surface area contributed by atoms with Crippen LogP contribution in [0.2, 0.25) is 0 Å². The summed E-state index contributed by atoms with van der Waals surface area (Å²) in [7, 11) is 1.58. The first kappa shape index (κ1) is 16.3. The van der Waals surface area contributed by atoms with Crippen LogP contribution in [0.5, 0.6) is 0 Å². The molecule has 0 bridgehead atoms. The number of nitrogen functional groups attached to an aromatic ring is 1. The van der Waals surface area contributed by atoms with E-state index in [2.05, 4.69) is 5.32 Å². The fourth-order valence-electron chi connectivity index (χ4n) is 1.78. The molecule has 0 aliphatic carbocycles. The molecule has 112 valence electrons. The number of rotatable bonds is 7. The molecule has 0 radical (unpaired) electrons. The quantitative estimate of drug-likeness (QED) is 0.565. The van der Waals surface area contributed by atoms with Gasteiger partial charge in [-0.15, -0.1) is 0 Å². The van der Waals surface area contributed by atoms with Gasteiger partial charge in [0.05, 0.1) is 11.2 Å². The van der Waals surface area contributed by atoms with Crippen LogP contribution in [-0.4, -0.2) is 42.0 Å². The number of aromatic carboxylic acids is 1. The number of aryl methyl sites for hydroxylation is 1. The topological polar surface area (TPSA) is 105 Å². The lowest BCUT2D eigenvalue weighted by Crippen LogP contribution is -2.34.